The predicted molar refractivity (Wildman–Crippen MR) is 350 cm³/mol. The van der Waals surface area contributed by atoms with Gasteiger partial charge in [0.25, 0.3) is 23.6 Å². The molecule has 8 heterocycles. The molecule has 2 aromatic carbocycles. The van der Waals surface area contributed by atoms with Crippen molar-refractivity contribution in [3.8, 4) is 49.1 Å². The number of nitrogens with two attached hydrogens (primary N) is 1. The van der Waals surface area contributed by atoms with E-state index in [0.717, 1.165) is 45.3 Å². The largest absolute Gasteiger partial charge is 0.508 e. The van der Waals surface area contributed by atoms with Crippen LogP contribution in [0.25, 0.3) is 43.4 Å². The first-order valence-corrected chi connectivity index (χ1v) is 33.4. The van der Waals surface area contributed by atoms with Gasteiger partial charge in [-0.15, -0.1) is 79.6 Å². The number of hydrogen-bond acceptors (Lipinski definition) is 24. The van der Waals surface area contributed by atoms with Gasteiger partial charge in [-0.1, -0.05) is 69.1 Å². The highest BCUT2D eigenvalue weighted by Gasteiger charge is 2.36. The molecule has 472 valence electrons. The molecule has 10 rings (SSSR count). The zero-order chi connectivity index (χ0) is 65.7. The number of phenols is 1. The number of amides is 6. The number of aryl methyl sites for hydroxylation is 1. The topological polar surface area (TPSA) is 377 Å². The molecular formula is C61H54ClN13O11S6. The molecule has 11 N–H and O–H groups in total. The highest BCUT2D eigenvalue weighted by molar-refractivity contribution is 7.15. The number of pyridine rings is 1. The first-order valence-electron chi connectivity index (χ1n) is 27.7. The Morgan fingerprint density at radius 1 is 0.685 bits per heavy atom. The third-order valence-electron chi connectivity index (χ3n) is 14.4. The number of aliphatic hydroxyl groups excluding tert-OH is 3. The SMILES string of the molecule is C=C(O)C(=C)NC(=O)C(=C)NC(=O)c1csc(-c2ccc3c(n2)-c2csc(n2)-c2csc(n2)C(C(C)C(O)CCl)NC(=O)C(Cc2ccc(O)cc2)CC(=O)c2csc(n2)C(C(O)c2ccccc2)NC(=O)c2nc(sc2C)C(CC(N)=O)NC(=O)c2csc-3n2)n1. The van der Waals surface area contributed by atoms with E-state index in [2.05, 4.69) is 61.3 Å². The van der Waals surface area contributed by atoms with Crippen molar-refractivity contribution in [1.82, 2.24) is 61.5 Å². The number of carbonyl (C=O) groups excluding carboxylic acids is 7. The average molecular weight is 1370 g/mol. The van der Waals surface area contributed by atoms with Crippen LogP contribution >= 0.6 is 79.6 Å². The Morgan fingerprint density at radius 3 is 2.05 bits per heavy atom. The summed E-state index contributed by atoms with van der Waals surface area (Å²) in [6.45, 7) is 13.7. The molecule has 0 saturated carbocycles. The van der Waals surface area contributed by atoms with Crippen LogP contribution in [0.15, 0.2) is 131 Å². The van der Waals surface area contributed by atoms with E-state index in [1.165, 1.54) is 50.9 Å². The van der Waals surface area contributed by atoms with Gasteiger partial charge in [-0.3, -0.25) is 33.6 Å². The van der Waals surface area contributed by atoms with E-state index < -0.39 is 102 Å². The lowest BCUT2D eigenvalue weighted by Crippen LogP contribution is -2.41. The normalized spacial score (nSPS) is 17.2. The van der Waals surface area contributed by atoms with E-state index >= 15 is 0 Å². The molecule has 0 aliphatic carbocycles. The molecule has 0 radical (unpaired) electrons. The Balaban J connectivity index is 1.06. The Morgan fingerprint density at radius 2 is 1.34 bits per heavy atom. The van der Waals surface area contributed by atoms with Crippen molar-refractivity contribution >= 4 is 121 Å². The number of nitrogens with zero attached hydrogens (tertiary/aromatic N) is 7. The molecule has 0 fully saturated rings. The minimum absolute atomic E-state index is 0.0132. The minimum atomic E-state index is -1.42. The molecule has 0 saturated heterocycles. The van der Waals surface area contributed by atoms with E-state index in [0.29, 0.717) is 48.0 Å². The number of ketones is 1. The van der Waals surface area contributed by atoms with Crippen molar-refractivity contribution in [2.24, 2.45) is 17.6 Å². The Hall–Kier alpha value is -9.11. The summed E-state index contributed by atoms with van der Waals surface area (Å²) in [5.74, 6) is -7.61. The molecule has 10 bridgehead atoms. The van der Waals surface area contributed by atoms with Gasteiger partial charge in [0.1, 0.15) is 93.6 Å². The molecule has 9 aromatic rings. The van der Waals surface area contributed by atoms with Crippen molar-refractivity contribution in [3.63, 3.8) is 0 Å². The van der Waals surface area contributed by atoms with E-state index in [1.807, 2.05) is 0 Å². The lowest BCUT2D eigenvalue weighted by molar-refractivity contribution is -0.126. The lowest BCUT2D eigenvalue weighted by Gasteiger charge is -2.28. The number of aliphatic hydroxyl groups is 3. The molecule has 92 heavy (non-hydrogen) atoms. The lowest BCUT2D eigenvalue weighted by atomic mass is 9.91. The summed E-state index contributed by atoms with van der Waals surface area (Å²) in [4.78, 5) is 131. The van der Waals surface area contributed by atoms with Crippen LogP contribution in [-0.2, 0) is 20.8 Å². The summed E-state index contributed by atoms with van der Waals surface area (Å²) < 4.78 is 0. The highest BCUT2D eigenvalue weighted by atomic mass is 35.5. The number of Topliss-reactive ketones (excluding diaryl/α,β-unsaturated/α-hetero) is 1. The number of aromatic nitrogens is 7. The summed E-state index contributed by atoms with van der Waals surface area (Å²) >= 11 is 12.8. The van der Waals surface area contributed by atoms with E-state index in [-0.39, 0.29) is 78.6 Å². The van der Waals surface area contributed by atoms with Gasteiger partial charge in [-0.2, -0.15) is 0 Å². The average Bonchev–Trinajstić information content (AvgIpc) is 1.62. The van der Waals surface area contributed by atoms with Crippen molar-refractivity contribution in [3.05, 3.63) is 184 Å². The van der Waals surface area contributed by atoms with Gasteiger partial charge in [0.2, 0.25) is 11.8 Å². The second-order valence-electron chi connectivity index (χ2n) is 20.9. The van der Waals surface area contributed by atoms with Gasteiger partial charge >= 0.3 is 0 Å². The van der Waals surface area contributed by atoms with Gasteiger partial charge in [-0.25, -0.2) is 34.9 Å². The number of alkyl halides is 1. The number of aromatic hydroxyl groups is 1. The third kappa shape index (κ3) is 15.1. The van der Waals surface area contributed by atoms with E-state index in [1.54, 1.807) is 79.2 Å². The van der Waals surface area contributed by atoms with Crippen LogP contribution in [0.2, 0.25) is 0 Å². The Labute approximate surface area is 552 Å². The second kappa shape index (κ2) is 28.6. The zero-order valence-electron chi connectivity index (χ0n) is 48.4. The summed E-state index contributed by atoms with van der Waals surface area (Å²) in [7, 11) is 0. The number of phenolic OH excluding ortho intramolecular Hbond substituents is 1. The minimum Gasteiger partial charge on any atom is -0.508 e. The molecular weight excluding hydrogens is 1320 g/mol. The fourth-order valence-electron chi connectivity index (χ4n) is 9.37. The number of hydrogen-bond donors (Lipinski definition) is 10. The molecule has 7 atom stereocenters. The first-order chi connectivity index (χ1) is 44.0. The maximum Gasteiger partial charge on any atom is 0.275 e. The number of halogens is 1. The molecule has 31 heteroatoms. The Kier molecular flexibility index (Phi) is 20.5. The van der Waals surface area contributed by atoms with Gasteiger partial charge in [-0.05, 0) is 48.7 Å². The van der Waals surface area contributed by atoms with Crippen LogP contribution in [-0.4, -0.2) is 109 Å². The monoisotopic (exact) mass is 1370 g/mol. The maximum atomic E-state index is 14.9. The molecule has 1 aliphatic rings. The van der Waals surface area contributed by atoms with Gasteiger partial charge < -0.3 is 52.7 Å². The van der Waals surface area contributed by atoms with Crippen LogP contribution in [0.3, 0.4) is 0 Å². The van der Waals surface area contributed by atoms with E-state index in [9.17, 15) is 54.0 Å². The molecule has 0 spiro atoms. The standard InChI is InChI=1S/C61H54ClN13O11S6/c1-26(44(79)20-62)46-60-72-42(25-91-60)58-69-39(22-88-58)48-35(15-16-36(66-48)57-71-40(24-89-57)53(84)65-28(3)51(82)64-27(2)29(4)76)56-70-41(23-87-56)54(85)67-37(19-45(63)80)59-75-47(30(5)92-59)55(86)74-49(50(81)32-9-7-6-8-10-32)61-68-38(21-90-61)43(78)18-33(52(83)73-46)17-31-11-13-34(77)14-12-31/h6-16,21-26,33,37,44,46,49-50,76-77,79,81H,2-4,17-20H2,1,5H3,(H2,63,80)(H,64,82)(H,65,84)(H,67,85)(H,73,83)(H,74,86). The van der Waals surface area contributed by atoms with Crippen molar-refractivity contribution in [2.75, 3.05) is 5.88 Å². The number of nitrogens with one attached hydrogen (secondary N) is 5. The molecule has 6 amide bonds. The smallest absolute Gasteiger partial charge is 0.275 e. The van der Waals surface area contributed by atoms with Gasteiger partial charge in [0, 0.05) is 61.5 Å². The van der Waals surface area contributed by atoms with Crippen molar-refractivity contribution in [1.29, 1.82) is 0 Å². The number of thiazole rings is 6. The summed E-state index contributed by atoms with van der Waals surface area (Å²) in [5.41, 5.74) is 7.49. The molecule has 7 aromatic heterocycles. The van der Waals surface area contributed by atoms with Crippen LogP contribution in [0.4, 0.5) is 0 Å². The number of carbonyl (C=O) groups is 7. The number of fused-ring (bicyclic) bond motifs is 14. The van der Waals surface area contributed by atoms with Gasteiger partial charge in [0.15, 0.2) is 5.78 Å². The van der Waals surface area contributed by atoms with Crippen LogP contribution in [0.5, 0.6) is 5.75 Å². The van der Waals surface area contributed by atoms with Gasteiger partial charge in [0.05, 0.1) is 41.7 Å². The quantitative estimate of drug-likeness (QED) is 0.0198. The number of rotatable bonds is 15. The molecule has 1 aliphatic heterocycles. The zero-order valence-corrected chi connectivity index (χ0v) is 54.1. The highest BCUT2D eigenvalue weighted by Crippen LogP contribution is 2.40. The fraction of sp³-hybridized carbons (Fsp3) is 0.213. The van der Waals surface area contributed by atoms with Crippen molar-refractivity contribution in [2.45, 2.75) is 63.4 Å². The van der Waals surface area contributed by atoms with Crippen LogP contribution < -0.4 is 32.3 Å². The van der Waals surface area contributed by atoms with Crippen LogP contribution in [0.1, 0.15) is 117 Å². The summed E-state index contributed by atoms with van der Waals surface area (Å²) in [6.07, 6.45) is -3.38. The maximum absolute atomic E-state index is 14.9. The first kappa shape index (κ1) is 65.8. The summed E-state index contributed by atoms with van der Waals surface area (Å²) in [5, 5.41) is 65.9. The van der Waals surface area contributed by atoms with E-state index in [4.69, 9.17) is 37.3 Å². The molecule has 7 unspecified atom stereocenters. The fourth-order valence-corrected chi connectivity index (χ4v) is 14.9. The second-order valence-corrected chi connectivity index (χ2v) is 26.8. The van der Waals surface area contributed by atoms with Crippen molar-refractivity contribution < 1.29 is 54.0 Å². The summed E-state index contributed by atoms with van der Waals surface area (Å²) in [6, 6.07) is 14.5. The number of primary amides is 1. The van der Waals surface area contributed by atoms with Crippen LogP contribution in [0, 0.1) is 18.8 Å². The number of benzene rings is 2. The Bertz CT molecular complexity index is 4350. The molecule has 24 nitrogen and oxygen atoms in total. The third-order valence-corrected chi connectivity index (χ3v) is 20.2. The predicted octanol–water partition coefficient (Wildman–Crippen LogP) is 8.84.